The third-order valence-corrected chi connectivity index (χ3v) is 6.21. The van der Waals surface area contributed by atoms with Gasteiger partial charge in [-0.25, -0.2) is 19.4 Å². The van der Waals surface area contributed by atoms with Crippen LogP contribution in [0.1, 0.15) is 36.2 Å². The van der Waals surface area contributed by atoms with E-state index in [-0.39, 0.29) is 24.7 Å². The van der Waals surface area contributed by atoms with Gasteiger partial charge in [-0.05, 0) is 63.1 Å². The maximum Gasteiger partial charge on any atom is 0.433 e. The van der Waals surface area contributed by atoms with E-state index in [1.54, 1.807) is 6.92 Å². The lowest BCUT2D eigenvalue weighted by molar-refractivity contribution is -0.141. The van der Waals surface area contributed by atoms with Gasteiger partial charge in [0.2, 0.25) is 11.9 Å². The zero-order chi connectivity index (χ0) is 26.7. The Morgan fingerprint density at radius 2 is 2.05 bits per heavy atom. The molecule has 0 bridgehead atoms. The van der Waals surface area contributed by atoms with Gasteiger partial charge in [-0.3, -0.25) is 15.0 Å². The van der Waals surface area contributed by atoms with Gasteiger partial charge < -0.3 is 15.0 Å². The molecule has 2 atom stereocenters. The summed E-state index contributed by atoms with van der Waals surface area (Å²) in [5.41, 5.74) is 1.98. The van der Waals surface area contributed by atoms with Crippen LogP contribution in [0, 0.1) is 19.7 Å². The van der Waals surface area contributed by atoms with Gasteiger partial charge in [0, 0.05) is 30.6 Å². The van der Waals surface area contributed by atoms with E-state index < -0.39 is 41.5 Å². The van der Waals surface area contributed by atoms with Gasteiger partial charge in [0.1, 0.15) is 17.6 Å². The molecule has 2 saturated heterocycles. The number of nitrogens with one attached hydrogen (secondary N) is 2. The minimum atomic E-state index is -4.74. The summed E-state index contributed by atoms with van der Waals surface area (Å²) in [4.78, 5) is 35.1. The number of halogens is 4. The number of anilines is 2. The largest absolute Gasteiger partial charge is 0.433 e. The Bertz CT molecular complexity index is 1160. The molecule has 2 aromatic rings. The van der Waals surface area contributed by atoms with E-state index in [4.69, 9.17) is 4.74 Å². The highest BCUT2D eigenvalue weighted by Crippen LogP contribution is 2.30. The van der Waals surface area contributed by atoms with Gasteiger partial charge >= 0.3 is 6.18 Å². The first-order valence-electron chi connectivity index (χ1n) is 11.9. The number of carbonyl (C=O) groups is 2. The number of carbonyl (C=O) groups excluding carboxylic acids is 2. The zero-order valence-corrected chi connectivity index (χ0v) is 20.4. The Balaban J connectivity index is 1.59. The molecule has 9 nitrogen and oxygen atoms in total. The number of benzene rings is 1. The highest BCUT2D eigenvalue weighted by molar-refractivity contribution is 6.03. The number of hydrogen-bond acceptors (Lipinski definition) is 7. The molecule has 2 aliphatic rings. The van der Waals surface area contributed by atoms with Gasteiger partial charge in [-0.1, -0.05) is 0 Å². The van der Waals surface area contributed by atoms with Gasteiger partial charge in [-0.2, -0.15) is 13.2 Å². The molecular formula is C24H28F4N6O3. The summed E-state index contributed by atoms with van der Waals surface area (Å²) in [6.45, 7) is 5.04. The predicted molar refractivity (Wildman–Crippen MR) is 126 cm³/mol. The van der Waals surface area contributed by atoms with Gasteiger partial charge in [0.05, 0.1) is 13.0 Å². The fourth-order valence-corrected chi connectivity index (χ4v) is 4.30. The highest BCUT2D eigenvalue weighted by atomic mass is 19.4. The zero-order valence-electron chi connectivity index (χ0n) is 20.4. The average Bonchev–Trinajstić information content (AvgIpc) is 3.49. The van der Waals surface area contributed by atoms with Crippen LogP contribution in [0.5, 0.6) is 0 Å². The second-order valence-electron chi connectivity index (χ2n) is 9.11. The fourth-order valence-electron chi connectivity index (χ4n) is 4.30. The molecule has 1 aromatic carbocycles. The third-order valence-electron chi connectivity index (χ3n) is 6.21. The van der Waals surface area contributed by atoms with Crippen LogP contribution in [0.15, 0.2) is 24.3 Å². The van der Waals surface area contributed by atoms with Crippen molar-refractivity contribution < 1.29 is 31.9 Å². The second kappa shape index (κ2) is 11.0. The molecule has 4 rings (SSSR count). The summed E-state index contributed by atoms with van der Waals surface area (Å²) in [6.07, 6.45) is -3.61. The average molecular weight is 525 g/mol. The molecule has 2 amide bonds. The monoisotopic (exact) mass is 524 g/mol. The standard InChI is InChI=1S/C24H28F4N6O3/c1-14-10-17(4-5-18(14)25)33(8-3-7-29-16-6-9-37-13-16)22(36)19-12-21(35)32-34(19)23-30-15(2)11-20(31-23)24(26,27)28/h4-5,10-11,16,19,29H,3,6-9,12-13H2,1-2H3,(H,32,35)/t16-,19?/m0/s1. The normalized spacial score (nSPS) is 19.8. The first-order chi connectivity index (χ1) is 17.5. The van der Waals surface area contributed by atoms with Crippen molar-refractivity contribution in [1.29, 1.82) is 0 Å². The van der Waals surface area contributed by atoms with Crippen molar-refractivity contribution in [2.45, 2.75) is 51.4 Å². The van der Waals surface area contributed by atoms with Crippen molar-refractivity contribution in [3.05, 3.63) is 47.0 Å². The van der Waals surface area contributed by atoms with Crippen LogP contribution < -0.4 is 20.7 Å². The lowest BCUT2D eigenvalue weighted by atomic mass is 10.1. The SMILES string of the molecule is Cc1cc(C(F)(F)F)nc(N2NC(=O)CC2C(=O)N(CCCN[C@H]2CCOC2)c2ccc(F)c(C)c2)n1. The van der Waals surface area contributed by atoms with Crippen molar-refractivity contribution in [3.63, 3.8) is 0 Å². The van der Waals surface area contributed by atoms with Crippen LogP contribution in [0.4, 0.5) is 29.2 Å². The maximum atomic E-state index is 14.0. The van der Waals surface area contributed by atoms with Crippen molar-refractivity contribution in [2.75, 3.05) is 36.2 Å². The van der Waals surface area contributed by atoms with Crippen LogP contribution in [0.25, 0.3) is 0 Å². The van der Waals surface area contributed by atoms with E-state index in [0.29, 0.717) is 37.4 Å². The summed E-state index contributed by atoms with van der Waals surface area (Å²) < 4.78 is 59.4. The lowest BCUT2D eigenvalue weighted by Gasteiger charge is -2.30. The Kier molecular flexibility index (Phi) is 7.93. The number of hydrogen-bond donors (Lipinski definition) is 2. The molecule has 1 aromatic heterocycles. The number of amides is 2. The molecule has 0 saturated carbocycles. The van der Waals surface area contributed by atoms with E-state index in [0.717, 1.165) is 17.5 Å². The summed E-state index contributed by atoms with van der Waals surface area (Å²) >= 11 is 0. The van der Waals surface area contributed by atoms with E-state index in [1.807, 2.05) is 0 Å². The number of alkyl halides is 3. The smallest absolute Gasteiger partial charge is 0.380 e. The van der Waals surface area contributed by atoms with E-state index in [1.165, 1.54) is 30.0 Å². The Hall–Kier alpha value is -3.32. The molecule has 1 unspecified atom stereocenters. The van der Waals surface area contributed by atoms with Gasteiger partial charge in [-0.15, -0.1) is 0 Å². The van der Waals surface area contributed by atoms with E-state index in [2.05, 4.69) is 20.7 Å². The number of ether oxygens (including phenoxy) is 1. The molecule has 200 valence electrons. The molecule has 3 heterocycles. The summed E-state index contributed by atoms with van der Waals surface area (Å²) in [7, 11) is 0. The molecule has 0 spiro atoms. The third kappa shape index (κ3) is 6.34. The molecule has 37 heavy (non-hydrogen) atoms. The molecule has 0 aliphatic carbocycles. The number of hydrazine groups is 1. The Labute approximate surface area is 211 Å². The minimum absolute atomic E-state index is 0.0256. The minimum Gasteiger partial charge on any atom is -0.380 e. The number of aromatic nitrogens is 2. The van der Waals surface area contributed by atoms with Crippen LogP contribution in [0.2, 0.25) is 0 Å². The van der Waals surface area contributed by atoms with Crippen LogP contribution in [0.3, 0.4) is 0 Å². The summed E-state index contributed by atoms with van der Waals surface area (Å²) in [6, 6.07) is 4.04. The van der Waals surface area contributed by atoms with Crippen molar-refractivity contribution in [2.24, 2.45) is 0 Å². The molecule has 2 fully saturated rings. The van der Waals surface area contributed by atoms with Gasteiger partial charge in [0.15, 0.2) is 0 Å². The predicted octanol–water partition coefficient (Wildman–Crippen LogP) is 2.66. The highest BCUT2D eigenvalue weighted by Gasteiger charge is 2.42. The van der Waals surface area contributed by atoms with Gasteiger partial charge in [0.25, 0.3) is 5.91 Å². The molecule has 2 N–H and O–H groups in total. The van der Waals surface area contributed by atoms with Crippen molar-refractivity contribution in [3.8, 4) is 0 Å². The quantitative estimate of drug-likeness (QED) is 0.405. The molecule has 13 heteroatoms. The first-order valence-corrected chi connectivity index (χ1v) is 11.9. The van der Waals surface area contributed by atoms with Crippen molar-refractivity contribution in [1.82, 2.24) is 20.7 Å². The fraction of sp³-hybridized carbons (Fsp3) is 0.500. The Morgan fingerprint density at radius 1 is 1.27 bits per heavy atom. The lowest BCUT2D eigenvalue weighted by Crippen LogP contribution is -2.50. The van der Waals surface area contributed by atoms with E-state index in [9.17, 15) is 27.2 Å². The first kappa shape index (κ1) is 26.7. The Morgan fingerprint density at radius 3 is 2.73 bits per heavy atom. The number of nitrogens with zero attached hydrogens (tertiary/aromatic N) is 4. The van der Waals surface area contributed by atoms with Crippen molar-refractivity contribution >= 4 is 23.5 Å². The molecular weight excluding hydrogens is 496 g/mol. The maximum absolute atomic E-state index is 14.0. The number of aryl methyl sites for hydroxylation is 2. The second-order valence-corrected chi connectivity index (χ2v) is 9.11. The molecule has 2 aliphatic heterocycles. The summed E-state index contributed by atoms with van der Waals surface area (Å²) in [5.74, 6) is -1.98. The van der Waals surface area contributed by atoms with E-state index >= 15 is 0 Å². The van der Waals surface area contributed by atoms with Crippen LogP contribution >= 0.6 is 0 Å². The molecule has 0 radical (unpaired) electrons. The van der Waals surface area contributed by atoms with Crippen LogP contribution in [-0.2, 0) is 20.5 Å². The number of rotatable bonds is 8. The van der Waals surface area contributed by atoms with Crippen LogP contribution in [-0.4, -0.2) is 60.2 Å². The topological polar surface area (TPSA) is 99.7 Å². The summed E-state index contributed by atoms with van der Waals surface area (Å²) in [5, 5.41) is 4.34.